The van der Waals surface area contributed by atoms with Crippen LogP contribution in [0.25, 0.3) is 0 Å². The third-order valence-corrected chi connectivity index (χ3v) is 1.90. The number of hydrogen-bond donors (Lipinski definition) is 1. The molecular weight excluding hydrogens is 166 g/mol. The summed E-state index contributed by atoms with van der Waals surface area (Å²) >= 11 is 0. The first-order valence-electron chi connectivity index (χ1n) is 4.13. The molecule has 0 aliphatic heterocycles. The van der Waals surface area contributed by atoms with E-state index in [-0.39, 0.29) is 11.8 Å². The second kappa shape index (κ2) is 4.62. The van der Waals surface area contributed by atoms with Gasteiger partial charge >= 0.3 is 0 Å². The normalized spacial score (nSPS) is 12.2. The van der Waals surface area contributed by atoms with Gasteiger partial charge < -0.3 is 0 Å². The molecule has 70 valence electrons. The minimum absolute atomic E-state index is 0.131. The standard InChI is InChI=1S/C10H13NO2/c1-8(10(12)11-13-2)9-6-4-3-5-7-9/h3-8H,1-2H3,(H,11,12). The van der Waals surface area contributed by atoms with Crippen molar-refractivity contribution in [1.82, 2.24) is 5.48 Å². The summed E-state index contributed by atoms with van der Waals surface area (Å²) in [7, 11) is 1.43. The summed E-state index contributed by atoms with van der Waals surface area (Å²) in [5.74, 6) is -0.310. The molecule has 1 aromatic rings. The zero-order valence-electron chi connectivity index (χ0n) is 7.78. The predicted octanol–water partition coefficient (Wildman–Crippen LogP) is 1.47. The highest BCUT2D eigenvalue weighted by molar-refractivity contribution is 5.82. The first-order valence-corrected chi connectivity index (χ1v) is 4.13. The molecule has 1 unspecified atom stereocenters. The summed E-state index contributed by atoms with van der Waals surface area (Å²) in [4.78, 5) is 15.9. The van der Waals surface area contributed by atoms with E-state index in [0.29, 0.717) is 0 Å². The fraction of sp³-hybridized carbons (Fsp3) is 0.300. The minimum atomic E-state index is -0.179. The van der Waals surface area contributed by atoms with Gasteiger partial charge in [0.05, 0.1) is 13.0 Å². The molecule has 0 aliphatic carbocycles. The summed E-state index contributed by atoms with van der Waals surface area (Å²) in [5.41, 5.74) is 3.29. The number of nitrogens with one attached hydrogen (secondary N) is 1. The Balaban J connectivity index is 2.68. The average Bonchev–Trinajstić information content (AvgIpc) is 2.18. The molecule has 0 aliphatic rings. The molecule has 3 heteroatoms. The fourth-order valence-electron chi connectivity index (χ4n) is 1.08. The molecule has 0 saturated heterocycles. The van der Waals surface area contributed by atoms with Crippen molar-refractivity contribution in [3.8, 4) is 0 Å². The average molecular weight is 179 g/mol. The maximum atomic E-state index is 11.3. The van der Waals surface area contributed by atoms with E-state index in [1.165, 1.54) is 7.11 Å². The van der Waals surface area contributed by atoms with Crippen LogP contribution in [0, 0.1) is 0 Å². The van der Waals surface area contributed by atoms with Crippen LogP contribution in [-0.4, -0.2) is 13.0 Å². The molecular formula is C10H13NO2. The third-order valence-electron chi connectivity index (χ3n) is 1.90. The maximum Gasteiger partial charge on any atom is 0.250 e. The lowest BCUT2D eigenvalue weighted by molar-refractivity contribution is -0.132. The van der Waals surface area contributed by atoms with E-state index < -0.39 is 0 Å². The molecule has 13 heavy (non-hydrogen) atoms. The number of rotatable bonds is 3. The summed E-state index contributed by atoms with van der Waals surface area (Å²) in [6.45, 7) is 1.84. The van der Waals surface area contributed by atoms with Gasteiger partial charge in [-0.15, -0.1) is 0 Å². The van der Waals surface area contributed by atoms with Crippen molar-refractivity contribution in [2.75, 3.05) is 7.11 Å². The van der Waals surface area contributed by atoms with Crippen LogP contribution in [0.15, 0.2) is 30.3 Å². The monoisotopic (exact) mass is 179 g/mol. The molecule has 0 radical (unpaired) electrons. The molecule has 0 spiro atoms. The van der Waals surface area contributed by atoms with E-state index in [0.717, 1.165) is 5.56 Å². The molecule has 1 aromatic carbocycles. The van der Waals surface area contributed by atoms with Crippen LogP contribution in [0.5, 0.6) is 0 Å². The first-order chi connectivity index (χ1) is 6.25. The van der Waals surface area contributed by atoms with Crippen molar-refractivity contribution in [2.24, 2.45) is 0 Å². The zero-order valence-corrected chi connectivity index (χ0v) is 7.78. The van der Waals surface area contributed by atoms with Crippen LogP contribution in [-0.2, 0) is 9.63 Å². The van der Waals surface area contributed by atoms with E-state index in [9.17, 15) is 4.79 Å². The topological polar surface area (TPSA) is 38.3 Å². The highest BCUT2D eigenvalue weighted by Crippen LogP contribution is 2.13. The molecule has 0 bridgehead atoms. The number of benzene rings is 1. The van der Waals surface area contributed by atoms with Gasteiger partial charge in [-0.3, -0.25) is 9.63 Å². The molecule has 0 heterocycles. The van der Waals surface area contributed by atoms with Crippen molar-refractivity contribution in [1.29, 1.82) is 0 Å². The number of hydrogen-bond acceptors (Lipinski definition) is 2. The predicted molar refractivity (Wildman–Crippen MR) is 50.0 cm³/mol. The van der Waals surface area contributed by atoms with Crippen molar-refractivity contribution in [2.45, 2.75) is 12.8 Å². The van der Waals surface area contributed by atoms with E-state index in [1.54, 1.807) is 0 Å². The SMILES string of the molecule is CONC(=O)C(C)c1ccccc1. The van der Waals surface area contributed by atoms with Crippen molar-refractivity contribution < 1.29 is 9.63 Å². The Kier molecular flexibility index (Phi) is 3.46. The van der Waals surface area contributed by atoms with Crippen molar-refractivity contribution in [3.63, 3.8) is 0 Å². The highest BCUT2D eigenvalue weighted by Gasteiger charge is 2.13. The zero-order chi connectivity index (χ0) is 9.68. The molecule has 1 rings (SSSR count). The Morgan fingerprint density at radius 1 is 1.38 bits per heavy atom. The Hall–Kier alpha value is -1.35. The van der Waals surface area contributed by atoms with Crippen molar-refractivity contribution in [3.05, 3.63) is 35.9 Å². The van der Waals surface area contributed by atoms with Gasteiger partial charge in [-0.25, -0.2) is 5.48 Å². The van der Waals surface area contributed by atoms with Gasteiger partial charge in [0.15, 0.2) is 0 Å². The van der Waals surface area contributed by atoms with Gasteiger partial charge in [0, 0.05) is 0 Å². The molecule has 3 nitrogen and oxygen atoms in total. The second-order valence-electron chi connectivity index (χ2n) is 2.80. The van der Waals surface area contributed by atoms with E-state index in [1.807, 2.05) is 37.3 Å². The Morgan fingerprint density at radius 3 is 2.54 bits per heavy atom. The number of amides is 1. The largest absolute Gasteiger partial charge is 0.277 e. The van der Waals surface area contributed by atoms with Gasteiger partial charge in [-0.1, -0.05) is 30.3 Å². The van der Waals surface area contributed by atoms with Gasteiger partial charge in [-0.05, 0) is 12.5 Å². The van der Waals surface area contributed by atoms with Gasteiger partial charge in [0.1, 0.15) is 0 Å². The Bertz CT molecular complexity index is 272. The Morgan fingerprint density at radius 2 is 2.00 bits per heavy atom. The van der Waals surface area contributed by atoms with E-state index in [4.69, 9.17) is 0 Å². The van der Waals surface area contributed by atoms with Gasteiger partial charge in [-0.2, -0.15) is 0 Å². The molecule has 0 aromatic heterocycles. The summed E-state index contributed by atoms with van der Waals surface area (Å²) in [6, 6.07) is 9.57. The molecule has 0 fully saturated rings. The van der Waals surface area contributed by atoms with Crippen LogP contribution in [0.4, 0.5) is 0 Å². The summed E-state index contributed by atoms with van der Waals surface area (Å²) in [5, 5.41) is 0. The first kappa shape index (κ1) is 9.74. The third kappa shape index (κ3) is 2.56. The van der Waals surface area contributed by atoms with Crippen LogP contribution >= 0.6 is 0 Å². The van der Waals surface area contributed by atoms with Crippen LogP contribution in [0.1, 0.15) is 18.4 Å². The summed E-state index contributed by atoms with van der Waals surface area (Å²) < 4.78 is 0. The maximum absolute atomic E-state index is 11.3. The highest BCUT2D eigenvalue weighted by atomic mass is 16.6. The van der Waals surface area contributed by atoms with Gasteiger partial charge in [0.2, 0.25) is 0 Å². The lowest BCUT2D eigenvalue weighted by Crippen LogP contribution is -2.26. The minimum Gasteiger partial charge on any atom is -0.277 e. The van der Waals surface area contributed by atoms with Crippen molar-refractivity contribution >= 4 is 5.91 Å². The molecule has 1 atom stereocenters. The van der Waals surface area contributed by atoms with E-state index >= 15 is 0 Å². The molecule has 1 amide bonds. The number of carbonyl (C=O) groups excluding carboxylic acids is 1. The van der Waals surface area contributed by atoms with Crippen LogP contribution in [0.2, 0.25) is 0 Å². The van der Waals surface area contributed by atoms with Crippen LogP contribution in [0.3, 0.4) is 0 Å². The second-order valence-corrected chi connectivity index (χ2v) is 2.80. The van der Waals surface area contributed by atoms with Crippen LogP contribution < -0.4 is 5.48 Å². The smallest absolute Gasteiger partial charge is 0.250 e. The molecule has 1 N–H and O–H groups in total. The number of hydroxylamine groups is 1. The summed E-state index contributed by atoms with van der Waals surface area (Å²) in [6.07, 6.45) is 0. The van der Waals surface area contributed by atoms with Gasteiger partial charge in [0.25, 0.3) is 5.91 Å². The lowest BCUT2D eigenvalue weighted by Gasteiger charge is -2.10. The quantitative estimate of drug-likeness (QED) is 0.713. The van der Waals surface area contributed by atoms with E-state index in [2.05, 4.69) is 10.3 Å². The molecule has 0 saturated carbocycles. The number of carbonyl (C=O) groups is 1. The Labute approximate surface area is 77.7 Å². The fourth-order valence-corrected chi connectivity index (χ4v) is 1.08. The lowest BCUT2D eigenvalue weighted by atomic mass is 10.0.